The van der Waals surface area contributed by atoms with E-state index in [2.05, 4.69) is 17.6 Å². The highest BCUT2D eigenvalue weighted by Gasteiger charge is 2.36. The lowest BCUT2D eigenvalue weighted by atomic mass is 9.98. The van der Waals surface area contributed by atoms with E-state index >= 15 is 0 Å². The molecule has 8 nitrogen and oxygen atoms in total. The summed E-state index contributed by atoms with van der Waals surface area (Å²) in [5.41, 5.74) is 2.87. The number of rotatable bonds is 6. The van der Waals surface area contributed by atoms with E-state index in [-0.39, 0.29) is 23.3 Å². The van der Waals surface area contributed by atoms with Crippen LogP contribution in [0.5, 0.6) is 5.75 Å². The van der Waals surface area contributed by atoms with Gasteiger partial charge in [0.05, 0.1) is 16.5 Å². The first-order chi connectivity index (χ1) is 16.2. The molecule has 0 saturated carbocycles. The van der Waals surface area contributed by atoms with Crippen molar-refractivity contribution in [2.45, 2.75) is 57.5 Å². The van der Waals surface area contributed by atoms with Gasteiger partial charge in [-0.3, -0.25) is 9.59 Å². The zero-order valence-electron chi connectivity index (χ0n) is 19.8. The molecule has 1 fully saturated rings. The summed E-state index contributed by atoms with van der Waals surface area (Å²) >= 11 is 0. The van der Waals surface area contributed by atoms with E-state index in [1.165, 1.54) is 15.9 Å². The average molecular weight is 486 g/mol. The number of sulfonamides is 1. The first-order valence-corrected chi connectivity index (χ1v) is 13.2. The van der Waals surface area contributed by atoms with Crippen LogP contribution in [0.1, 0.15) is 44.2 Å². The van der Waals surface area contributed by atoms with E-state index in [4.69, 9.17) is 4.74 Å². The zero-order valence-corrected chi connectivity index (χ0v) is 20.6. The number of carbonyl (C=O) groups is 2. The average Bonchev–Trinajstić information content (AvgIpc) is 2.83. The van der Waals surface area contributed by atoms with Gasteiger partial charge in [0.1, 0.15) is 5.75 Å². The van der Waals surface area contributed by atoms with E-state index in [1.54, 1.807) is 13.0 Å². The molecule has 2 N–H and O–H groups in total. The second kappa shape index (κ2) is 9.76. The van der Waals surface area contributed by atoms with E-state index < -0.39 is 22.0 Å². The lowest BCUT2D eigenvalue weighted by Crippen LogP contribution is -2.44. The van der Waals surface area contributed by atoms with Crippen molar-refractivity contribution in [3.05, 3.63) is 47.5 Å². The summed E-state index contributed by atoms with van der Waals surface area (Å²) in [5.74, 6) is -0.507. The number of hydrogen-bond donors (Lipinski definition) is 2. The predicted molar refractivity (Wildman–Crippen MR) is 130 cm³/mol. The molecule has 182 valence electrons. The number of ether oxygens (including phenoxy) is 1. The number of amides is 2. The minimum atomic E-state index is -3.85. The fourth-order valence-electron chi connectivity index (χ4n) is 4.41. The molecule has 2 aromatic carbocycles. The number of nitrogens with zero attached hydrogens (tertiary/aromatic N) is 1. The molecule has 0 aromatic heterocycles. The molecule has 34 heavy (non-hydrogen) atoms. The van der Waals surface area contributed by atoms with Crippen molar-refractivity contribution in [1.29, 1.82) is 0 Å². The van der Waals surface area contributed by atoms with Gasteiger partial charge >= 0.3 is 0 Å². The second-order valence-electron chi connectivity index (χ2n) is 8.86. The zero-order chi connectivity index (χ0) is 24.5. The minimum absolute atomic E-state index is 0.118. The van der Waals surface area contributed by atoms with Crippen LogP contribution in [0, 0.1) is 12.8 Å². The topological polar surface area (TPSA) is 105 Å². The molecule has 2 amide bonds. The van der Waals surface area contributed by atoms with E-state index in [9.17, 15) is 18.0 Å². The number of fused-ring (bicyclic) bond motifs is 1. The number of carbonyl (C=O) groups excluding carboxylic acids is 2. The van der Waals surface area contributed by atoms with Crippen LogP contribution >= 0.6 is 0 Å². The molecule has 0 radical (unpaired) electrons. The Morgan fingerprint density at radius 3 is 2.62 bits per heavy atom. The van der Waals surface area contributed by atoms with Gasteiger partial charge in [0.15, 0.2) is 6.10 Å². The van der Waals surface area contributed by atoms with Gasteiger partial charge in [-0.2, -0.15) is 4.31 Å². The Morgan fingerprint density at radius 2 is 1.94 bits per heavy atom. The maximum absolute atomic E-state index is 13.6. The Bertz CT molecular complexity index is 1190. The third-order valence-corrected chi connectivity index (χ3v) is 8.48. The Morgan fingerprint density at radius 1 is 1.21 bits per heavy atom. The summed E-state index contributed by atoms with van der Waals surface area (Å²) in [6.45, 7) is 6.06. The van der Waals surface area contributed by atoms with Gasteiger partial charge in [-0.05, 0) is 61.9 Å². The smallest absolute Gasteiger partial charge is 0.265 e. The number of aryl methyl sites for hydroxylation is 2. The van der Waals surface area contributed by atoms with Crippen LogP contribution in [0.4, 0.5) is 11.4 Å². The fraction of sp³-hybridized carbons (Fsp3) is 0.440. The monoisotopic (exact) mass is 485 g/mol. The van der Waals surface area contributed by atoms with Gasteiger partial charge in [0, 0.05) is 24.8 Å². The molecular weight excluding hydrogens is 454 g/mol. The number of anilines is 2. The summed E-state index contributed by atoms with van der Waals surface area (Å²) in [6, 6.07) is 10.8. The van der Waals surface area contributed by atoms with Crippen molar-refractivity contribution < 1.29 is 22.7 Å². The molecule has 2 aromatic rings. The number of piperidine rings is 1. The Kier molecular flexibility index (Phi) is 6.95. The van der Waals surface area contributed by atoms with Gasteiger partial charge < -0.3 is 15.4 Å². The van der Waals surface area contributed by atoms with Gasteiger partial charge in [0.2, 0.25) is 15.9 Å². The number of benzene rings is 2. The first kappa shape index (κ1) is 24.2. The number of hydrogen-bond acceptors (Lipinski definition) is 5. The van der Waals surface area contributed by atoms with Gasteiger partial charge in [-0.25, -0.2) is 8.42 Å². The lowest BCUT2D eigenvalue weighted by Gasteiger charge is -2.32. The van der Waals surface area contributed by atoms with Crippen LogP contribution in [0.15, 0.2) is 41.3 Å². The van der Waals surface area contributed by atoms with Crippen molar-refractivity contribution in [2.24, 2.45) is 5.92 Å². The van der Waals surface area contributed by atoms with E-state index in [1.807, 2.05) is 31.2 Å². The number of nitrogens with one attached hydrogen (secondary N) is 2. The van der Waals surface area contributed by atoms with Crippen LogP contribution in [-0.4, -0.2) is 43.7 Å². The van der Waals surface area contributed by atoms with Gasteiger partial charge in [0.25, 0.3) is 5.91 Å². The molecule has 2 aliphatic rings. The van der Waals surface area contributed by atoms with Crippen LogP contribution in [0.3, 0.4) is 0 Å². The molecule has 2 atom stereocenters. The van der Waals surface area contributed by atoms with Crippen molar-refractivity contribution in [1.82, 2.24) is 4.31 Å². The standard InChI is InChI=1S/C25H31N3O5S/c1-4-17-8-10-19(11-9-17)26-24(29)18-7-6-12-28(15-18)34(31,32)23-14-22-20(13-16(23)3)27-25(30)21(5-2)33-22/h8-11,13-14,18,21H,4-7,12,15H2,1-3H3,(H,26,29)(H,27,30)/t18-,21+/m0/s1. The molecule has 0 aliphatic carbocycles. The quantitative estimate of drug-likeness (QED) is 0.649. The summed E-state index contributed by atoms with van der Waals surface area (Å²) in [5, 5.41) is 5.71. The summed E-state index contributed by atoms with van der Waals surface area (Å²) in [7, 11) is -3.85. The maximum atomic E-state index is 13.6. The summed E-state index contributed by atoms with van der Waals surface area (Å²) < 4.78 is 34.3. The third-order valence-electron chi connectivity index (χ3n) is 6.47. The van der Waals surface area contributed by atoms with E-state index in [0.29, 0.717) is 48.5 Å². The molecule has 2 aliphatic heterocycles. The molecule has 1 saturated heterocycles. The molecule has 0 bridgehead atoms. The van der Waals surface area contributed by atoms with Gasteiger partial charge in [-0.15, -0.1) is 0 Å². The van der Waals surface area contributed by atoms with Crippen molar-refractivity contribution in [3.63, 3.8) is 0 Å². The Labute approximate surface area is 200 Å². The van der Waals surface area contributed by atoms with Gasteiger partial charge in [-0.1, -0.05) is 26.0 Å². The lowest BCUT2D eigenvalue weighted by molar-refractivity contribution is -0.123. The Balaban J connectivity index is 1.52. The predicted octanol–water partition coefficient (Wildman–Crippen LogP) is 3.71. The van der Waals surface area contributed by atoms with Crippen LogP contribution in [0.25, 0.3) is 0 Å². The molecular formula is C25H31N3O5S. The Hall–Kier alpha value is -2.91. The molecule has 0 spiro atoms. The molecule has 9 heteroatoms. The highest BCUT2D eigenvalue weighted by Crippen LogP contribution is 2.36. The maximum Gasteiger partial charge on any atom is 0.265 e. The van der Waals surface area contributed by atoms with Crippen molar-refractivity contribution >= 4 is 33.2 Å². The molecule has 0 unspecified atom stereocenters. The van der Waals surface area contributed by atoms with Crippen LogP contribution in [0.2, 0.25) is 0 Å². The minimum Gasteiger partial charge on any atom is -0.478 e. The molecule has 2 heterocycles. The van der Waals surface area contributed by atoms with Crippen LogP contribution < -0.4 is 15.4 Å². The van der Waals surface area contributed by atoms with Crippen LogP contribution in [-0.2, 0) is 26.0 Å². The largest absolute Gasteiger partial charge is 0.478 e. The van der Waals surface area contributed by atoms with Crippen molar-refractivity contribution in [2.75, 3.05) is 23.7 Å². The SMILES string of the molecule is CCc1ccc(NC(=O)[C@H]2CCCN(S(=O)(=O)c3cc4c(cc3C)NC(=O)[C@@H](CC)O4)C2)cc1. The van der Waals surface area contributed by atoms with Crippen molar-refractivity contribution in [3.8, 4) is 5.75 Å². The highest BCUT2D eigenvalue weighted by atomic mass is 32.2. The summed E-state index contributed by atoms with van der Waals surface area (Å²) in [6.07, 6.45) is 1.97. The third kappa shape index (κ3) is 4.81. The molecule has 4 rings (SSSR count). The highest BCUT2D eigenvalue weighted by molar-refractivity contribution is 7.89. The van der Waals surface area contributed by atoms with E-state index in [0.717, 1.165) is 6.42 Å². The first-order valence-electron chi connectivity index (χ1n) is 11.7. The summed E-state index contributed by atoms with van der Waals surface area (Å²) in [4.78, 5) is 25.1. The normalized spacial score (nSPS) is 20.7. The fourth-order valence-corrected chi connectivity index (χ4v) is 6.16. The second-order valence-corrected chi connectivity index (χ2v) is 10.8.